The lowest BCUT2D eigenvalue weighted by molar-refractivity contribution is 0.0756. The van der Waals surface area contributed by atoms with Gasteiger partial charge in [0.05, 0.1) is 12.7 Å². The number of hydrogen-bond donors (Lipinski definition) is 1. The lowest BCUT2D eigenvalue weighted by atomic mass is 10.3. The maximum atomic E-state index is 12.4. The third-order valence-corrected chi connectivity index (χ3v) is 4.45. The molecular weight excluding hydrogens is 302 g/mol. The topological polar surface area (TPSA) is 57.2 Å². The minimum absolute atomic E-state index is 0.0758. The van der Waals surface area contributed by atoms with Crippen LogP contribution in [-0.4, -0.2) is 56.4 Å². The first-order chi connectivity index (χ1) is 10.6. The van der Waals surface area contributed by atoms with Gasteiger partial charge in [0.15, 0.2) is 0 Å². The molecule has 0 atom stereocenters. The summed E-state index contributed by atoms with van der Waals surface area (Å²) in [5.41, 5.74) is 0.657. The number of imidazole rings is 1. The van der Waals surface area contributed by atoms with Crippen LogP contribution >= 0.6 is 11.6 Å². The molecule has 7 heteroatoms. The van der Waals surface area contributed by atoms with Crippen LogP contribution in [0.2, 0.25) is 5.15 Å². The minimum atomic E-state index is 0.0758. The predicted molar refractivity (Wildman–Crippen MR) is 84.8 cm³/mol. The summed E-state index contributed by atoms with van der Waals surface area (Å²) in [6.07, 6.45) is 4.42. The van der Waals surface area contributed by atoms with Crippen LogP contribution in [0.1, 0.15) is 22.7 Å². The van der Waals surface area contributed by atoms with Gasteiger partial charge in [-0.1, -0.05) is 11.6 Å². The van der Waals surface area contributed by atoms with Crippen molar-refractivity contribution in [2.75, 3.05) is 26.2 Å². The molecule has 3 heterocycles. The standard InChI is InChI=1S/C15H20ClN5O/c1-19-13(16)10-18-14(19)11-20-6-3-7-21(9-8-20)15(22)12-4-2-5-17-12/h2,4-5,10,17H,3,6-9,11H2,1H3. The molecule has 2 aromatic rings. The van der Waals surface area contributed by atoms with Crippen molar-refractivity contribution in [2.45, 2.75) is 13.0 Å². The summed E-state index contributed by atoms with van der Waals surface area (Å²) in [7, 11) is 1.92. The van der Waals surface area contributed by atoms with Crippen molar-refractivity contribution in [3.8, 4) is 0 Å². The van der Waals surface area contributed by atoms with Gasteiger partial charge in [-0.3, -0.25) is 9.69 Å². The number of carbonyl (C=O) groups is 1. The lowest BCUT2D eigenvalue weighted by Crippen LogP contribution is -2.35. The Morgan fingerprint density at radius 2 is 2.23 bits per heavy atom. The van der Waals surface area contributed by atoms with Crippen LogP contribution in [0.5, 0.6) is 0 Å². The van der Waals surface area contributed by atoms with Gasteiger partial charge in [0.2, 0.25) is 0 Å². The molecule has 6 nitrogen and oxygen atoms in total. The van der Waals surface area contributed by atoms with Crippen molar-refractivity contribution < 1.29 is 4.79 Å². The Morgan fingerprint density at radius 1 is 1.36 bits per heavy atom. The Kier molecular flexibility index (Phi) is 4.49. The van der Waals surface area contributed by atoms with E-state index in [9.17, 15) is 4.79 Å². The summed E-state index contributed by atoms with van der Waals surface area (Å²) in [6, 6.07) is 3.67. The smallest absolute Gasteiger partial charge is 0.270 e. The number of aromatic amines is 1. The zero-order valence-corrected chi connectivity index (χ0v) is 13.4. The van der Waals surface area contributed by atoms with E-state index < -0.39 is 0 Å². The molecule has 1 N–H and O–H groups in total. The molecule has 1 fully saturated rings. The molecule has 0 radical (unpaired) electrons. The molecular formula is C15H20ClN5O. The Hall–Kier alpha value is -1.79. The van der Waals surface area contributed by atoms with Gasteiger partial charge in [0.25, 0.3) is 5.91 Å². The number of aromatic nitrogens is 3. The highest BCUT2D eigenvalue weighted by Crippen LogP contribution is 2.13. The zero-order valence-electron chi connectivity index (χ0n) is 12.6. The fourth-order valence-corrected chi connectivity index (χ4v) is 2.88. The molecule has 1 aliphatic rings. The highest BCUT2D eigenvalue weighted by atomic mass is 35.5. The van der Waals surface area contributed by atoms with Gasteiger partial charge in [-0.25, -0.2) is 4.98 Å². The summed E-state index contributed by atoms with van der Waals surface area (Å²) in [4.78, 5) is 23.9. The van der Waals surface area contributed by atoms with E-state index in [-0.39, 0.29) is 5.91 Å². The molecule has 0 unspecified atom stereocenters. The van der Waals surface area contributed by atoms with Crippen molar-refractivity contribution in [1.82, 2.24) is 24.3 Å². The van der Waals surface area contributed by atoms with Crippen LogP contribution in [0.4, 0.5) is 0 Å². The molecule has 2 aromatic heterocycles. The molecule has 0 aromatic carbocycles. The number of nitrogens with one attached hydrogen (secondary N) is 1. The van der Waals surface area contributed by atoms with Crippen molar-refractivity contribution >= 4 is 17.5 Å². The predicted octanol–water partition coefficient (Wildman–Crippen LogP) is 1.75. The van der Waals surface area contributed by atoms with Gasteiger partial charge in [-0.15, -0.1) is 0 Å². The summed E-state index contributed by atoms with van der Waals surface area (Å²) in [5.74, 6) is 1.03. The van der Waals surface area contributed by atoms with Gasteiger partial charge in [-0.05, 0) is 18.6 Å². The second-order valence-corrected chi connectivity index (χ2v) is 5.95. The average Bonchev–Trinajstić information content (AvgIpc) is 3.08. The molecule has 1 saturated heterocycles. The molecule has 118 valence electrons. The normalized spacial score (nSPS) is 16.7. The number of carbonyl (C=O) groups excluding carboxylic acids is 1. The summed E-state index contributed by atoms with van der Waals surface area (Å²) < 4.78 is 1.90. The Labute approximate surface area is 134 Å². The average molecular weight is 322 g/mol. The number of halogens is 1. The SMILES string of the molecule is Cn1c(Cl)cnc1CN1CCCN(C(=O)c2ccc[nH]2)CC1. The second kappa shape index (κ2) is 6.54. The van der Waals surface area contributed by atoms with Crippen LogP contribution in [-0.2, 0) is 13.6 Å². The largest absolute Gasteiger partial charge is 0.357 e. The monoisotopic (exact) mass is 321 g/mol. The van der Waals surface area contributed by atoms with Gasteiger partial charge < -0.3 is 14.5 Å². The van der Waals surface area contributed by atoms with Crippen molar-refractivity contribution in [2.24, 2.45) is 7.05 Å². The van der Waals surface area contributed by atoms with E-state index in [4.69, 9.17) is 11.6 Å². The first-order valence-corrected chi connectivity index (χ1v) is 7.84. The molecule has 1 aliphatic heterocycles. The van der Waals surface area contributed by atoms with E-state index in [2.05, 4.69) is 14.9 Å². The first kappa shape index (κ1) is 15.1. The van der Waals surface area contributed by atoms with Gasteiger partial charge in [0.1, 0.15) is 16.7 Å². The Morgan fingerprint density at radius 3 is 2.91 bits per heavy atom. The number of rotatable bonds is 3. The van der Waals surface area contributed by atoms with E-state index in [0.29, 0.717) is 10.8 Å². The number of H-pyrrole nitrogens is 1. The number of amides is 1. The summed E-state index contributed by atoms with van der Waals surface area (Å²) in [5, 5.41) is 0.647. The Balaban J connectivity index is 1.60. The van der Waals surface area contributed by atoms with E-state index in [1.807, 2.05) is 28.6 Å². The van der Waals surface area contributed by atoms with Crippen molar-refractivity contribution in [3.05, 3.63) is 41.2 Å². The van der Waals surface area contributed by atoms with Crippen LogP contribution in [0.25, 0.3) is 0 Å². The maximum Gasteiger partial charge on any atom is 0.270 e. The highest BCUT2D eigenvalue weighted by molar-refractivity contribution is 6.29. The summed E-state index contributed by atoms with van der Waals surface area (Å²) >= 11 is 6.03. The van der Waals surface area contributed by atoms with Crippen molar-refractivity contribution in [1.29, 1.82) is 0 Å². The van der Waals surface area contributed by atoms with Crippen LogP contribution in [0.3, 0.4) is 0 Å². The third-order valence-electron chi connectivity index (χ3n) is 4.10. The van der Waals surface area contributed by atoms with Crippen LogP contribution in [0, 0.1) is 0 Å². The van der Waals surface area contributed by atoms with E-state index in [1.54, 1.807) is 12.4 Å². The van der Waals surface area contributed by atoms with Crippen LogP contribution < -0.4 is 0 Å². The maximum absolute atomic E-state index is 12.4. The van der Waals surface area contributed by atoms with E-state index in [0.717, 1.165) is 45.0 Å². The van der Waals surface area contributed by atoms with E-state index >= 15 is 0 Å². The quantitative estimate of drug-likeness (QED) is 0.937. The summed E-state index contributed by atoms with van der Waals surface area (Å²) in [6.45, 7) is 4.08. The number of nitrogens with zero attached hydrogens (tertiary/aromatic N) is 4. The number of hydrogen-bond acceptors (Lipinski definition) is 3. The Bertz CT molecular complexity index is 636. The highest BCUT2D eigenvalue weighted by Gasteiger charge is 2.21. The fraction of sp³-hybridized carbons (Fsp3) is 0.467. The molecule has 0 aliphatic carbocycles. The van der Waals surface area contributed by atoms with Gasteiger partial charge >= 0.3 is 0 Å². The fourth-order valence-electron chi connectivity index (χ4n) is 2.74. The molecule has 22 heavy (non-hydrogen) atoms. The second-order valence-electron chi connectivity index (χ2n) is 5.56. The molecule has 0 saturated carbocycles. The van der Waals surface area contributed by atoms with Crippen molar-refractivity contribution in [3.63, 3.8) is 0 Å². The molecule has 0 spiro atoms. The van der Waals surface area contributed by atoms with E-state index in [1.165, 1.54) is 0 Å². The van der Waals surface area contributed by atoms with Gasteiger partial charge in [-0.2, -0.15) is 0 Å². The van der Waals surface area contributed by atoms with Crippen LogP contribution in [0.15, 0.2) is 24.5 Å². The molecule has 0 bridgehead atoms. The molecule has 3 rings (SSSR count). The lowest BCUT2D eigenvalue weighted by Gasteiger charge is -2.21. The first-order valence-electron chi connectivity index (χ1n) is 7.46. The zero-order chi connectivity index (χ0) is 15.5. The molecule has 1 amide bonds. The minimum Gasteiger partial charge on any atom is -0.357 e. The van der Waals surface area contributed by atoms with Gasteiger partial charge in [0, 0.05) is 39.4 Å². The third kappa shape index (κ3) is 3.18.